The fourth-order valence-corrected chi connectivity index (χ4v) is 4.64. The van der Waals surface area contributed by atoms with Crippen molar-refractivity contribution in [2.75, 3.05) is 0 Å². The molecule has 0 radical (unpaired) electrons. The van der Waals surface area contributed by atoms with Gasteiger partial charge in [-0.05, 0) is 40.0 Å². The molecule has 0 fully saturated rings. The molecule has 3 rings (SSSR count). The molecule has 0 aliphatic heterocycles. The molecule has 0 nitrogen and oxygen atoms in total. The van der Waals surface area contributed by atoms with E-state index in [2.05, 4.69) is 107 Å². The molecule has 0 saturated heterocycles. The molecule has 0 spiro atoms. The molecule has 25 heavy (non-hydrogen) atoms. The molecule has 0 unspecified atom stereocenters. The summed E-state index contributed by atoms with van der Waals surface area (Å²) in [7, 11) is 0. The largest absolute Gasteiger partial charge is 0.0801 e. The molecule has 0 heterocycles. The second-order valence-electron chi connectivity index (χ2n) is 8.43. The molecule has 0 heteroatoms. The summed E-state index contributed by atoms with van der Waals surface area (Å²) in [4.78, 5) is 0. The summed E-state index contributed by atoms with van der Waals surface area (Å²) in [5, 5.41) is 0. The van der Waals surface area contributed by atoms with Gasteiger partial charge >= 0.3 is 0 Å². The van der Waals surface area contributed by atoms with E-state index in [9.17, 15) is 0 Å². The molecule has 0 bridgehead atoms. The summed E-state index contributed by atoms with van der Waals surface area (Å²) in [5.41, 5.74) is 5.78. The summed E-state index contributed by atoms with van der Waals surface area (Å²) in [5.74, 6) is 0.530. The van der Waals surface area contributed by atoms with Crippen LogP contribution in [-0.2, 0) is 5.41 Å². The van der Waals surface area contributed by atoms with Gasteiger partial charge in [0.15, 0.2) is 0 Å². The van der Waals surface area contributed by atoms with Crippen molar-refractivity contribution in [3.05, 3.63) is 95.1 Å². The van der Waals surface area contributed by atoms with E-state index in [1.807, 2.05) is 0 Å². The van der Waals surface area contributed by atoms with Gasteiger partial charge in [-0.1, -0.05) is 107 Å². The van der Waals surface area contributed by atoms with Crippen LogP contribution in [0, 0.1) is 11.3 Å². The molecule has 0 saturated carbocycles. The normalized spacial score (nSPS) is 15.3. The van der Waals surface area contributed by atoms with Gasteiger partial charge in [-0.15, -0.1) is 0 Å². The van der Waals surface area contributed by atoms with Crippen LogP contribution in [0.5, 0.6) is 0 Å². The van der Waals surface area contributed by atoms with Crippen LogP contribution in [0.15, 0.2) is 84.0 Å². The zero-order valence-electron chi connectivity index (χ0n) is 16.2. The molecule has 130 valence electrons. The Bertz CT molecular complexity index is 728. The van der Waals surface area contributed by atoms with E-state index in [4.69, 9.17) is 0 Å². The fourth-order valence-electron chi connectivity index (χ4n) is 4.64. The zero-order valence-corrected chi connectivity index (χ0v) is 16.2. The molecule has 1 aliphatic carbocycles. The fraction of sp³-hybridized carbons (Fsp3) is 0.360. The molecular formula is C25H30. The predicted octanol–water partition coefficient (Wildman–Crippen LogP) is 6.93. The van der Waals surface area contributed by atoms with E-state index >= 15 is 0 Å². The Hall–Kier alpha value is -2.08. The van der Waals surface area contributed by atoms with E-state index in [-0.39, 0.29) is 10.8 Å². The third-order valence-electron chi connectivity index (χ3n) is 5.58. The average Bonchev–Trinajstić information content (AvgIpc) is 3.06. The Kier molecular flexibility index (Phi) is 4.73. The highest BCUT2D eigenvalue weighted by Crippen LogP contribution is 2.55. The minimum absolute atomic E-state index is 0.0528. The van der Waals surface area contributed by atoms with Gasteiger partial charge < -0.3 is 0 Å². The Balaban J connectivity index is 2.41. The molecular weight excluding hydrogens is 300 g/mol. The maximum Gasteiger partial charge on any atom is 0.0468 e. The lowest BCUT2D eigenvalue weighted by Crippen LogP contribution is -2.43. The van der Waals surface area contributed by atoms with E-state index in [1.165, 1.54) is 16.7 Å². The van der Waals surface area contributed by atoms with Crippen molar-refractivity contribution in [2.24, 2.45) is 11.3 Å². The van der Waals surface area contributed by atoms with E-state index in [0.717, 1.165) is 6.42 Å². The first kappa shape index (κ1) is 17.7. The van der Waals surface area contributed by atoms with Crippen molar-refractivity contribution >= 4 is 0 Å². The number of allylic oxidation sites excluding steroid dienone is 4. The van der Waals surface area contributed by atoms with Gasteiger partial charge in [0.25, 0.3) is 0 Å². The molecule has 0 aromatic heterocycles. The highest BCUT2D eigenvalue weighted by molar-refractivity contribution is 5.56. The molecule has 2 aromatic carbocycles. The first-order chi connectivity index (χ1) is 11.9. The van der Waals surface area contributed by atoms with Gasteiger partial charge in [-0.25, -0.2) is 0 Å². The number of benzene rings is 2. The summed E-state index contributed by atoms with van der Waals surface area (Å²) >= 11 is 0. The summed E-state index contributed by atoms with van der Waals surface area (Å²) in [6, 6.07) is 22.2. The zero-order chi connectivity index (χ0) is 18.1. The maximum absolute atomic E-state index is 2.39. The lowest BCUT2D eigenvalue weighted by Gasteiger charge is -2.48. The van der Waals surface area contributed by atoms with Gasteiger partial charge in [0.1, 0.15) is 0 Å². The second-order valence-corrected chi connectivity index (χ2v) is 8.43. The van der Waals surface area contributed by atoms with E-state index < -0.39 is 0 Å². The van der Waals surface area contributed by atoms with Crippen LogP contribution >= 0.6 is 0 Å². The Labute approximate surface area is 153 Å². The molecule has 1 aliphatic rings. The van der Waals surface area contributed by atoms with Crippen molar-refractivity contribution in [2.45, 2.75) is 46.5 Å². The maximum atomic E-state index is 2.39. The van der Waals surface area contributed by atoms with Crippen LogP contribution < -0.4 is 0 Å². The lowest BCUT2D eigenvalue weighted by atomic mass is 9.54. The Morgan fingerprint density at radius 3 is 1.64 bits per heavy atom. The van der Waals surface area contributed by atoms with Crippen molar-refractivity contribution < 1.29 is 0 Å². The highest BCUT2D eigenvalue weighted by Gasteiger charge is 2.48. The van der Waals surface area contributed by atoms with Crippen LogP contribution in [0.1, 0.15) is 52.2 Å². The minimum atomic E-state index is -0.126. The van der Waals surface area contributed by atoms with Gasteiger partial charge in [-0.3, -0.25) is 0 Å². The van der Waals surface area contributed by atoms with E-state index in [1.54, 1.807) is 5.57 Å². The van der Waals surface area contributed by atoms with Crippen LogP contribution in [0.3, 0.4) is 0 Å². The Morgan fingerprint density at radius 1 is 0.760 bits per heavy atom. The SMILES string of the molecule is CC(C)C1=C(C(c2ccccc2)(c2ccccc2)C(C)(C)C)CC=C1. The van der Waals surface area contributed by atoms with Crippen molar-refractivity contribution in [1.29, 1.82) is 0 Å². The van der Waals surface area contributed by atoms with Crippen LogP contribution in [0.2, 0.25) is 0 Å². The second kappa shape index (κ2) is 6.67. The van der Waals surface area contributed by atoms with Crippen LogP contribution in [0.4, 0.5) is 0 Å². The number of rotatable bonds is 4. The van der Waals surface area contributed by atoms with Gasteiger partial charge in [-0.2, -0.15) is 0 Å². The lowest BCUT2D eigenvalue weighted by molar-refractivity contribution is 0.262. The van der Waals surface area contributed by atoms with Gasteiger partial charge in [0.2, 0.25) is 0 Å². The third-order valence-corrected chi connectivity index (χ3v) is 5.58. The predicted molar refractivity (Wildman–Crippen MR) is 109 cm³/mol. The molecule has 2 aromatic rings. The van der Waals surface area contributed by atoms with Gasteiger partial charge in [0.05, 0.1) is 0 Å². The Morgan fingerprint density at radius 2 is 1.24 bits per heavy atom. The summed E-state index contributed by atoms with van der Waals surface area (Å²) < 4.78 is 0. The van der Waals surface area contributed by atoms with Crippen molar-refractivity contribution in [3.63, 3.8) is 0 Å². The number of hydrogen-bond acceptors (Lipinski definition) is 0. The quantitative estimate of drug-likeness (QED) is 0.570. The van der Waals surface area contributed by atoms with Crippen molar-refractivity contribution in [1.82, 2.24) is 0 Å². The average molecular weight is 331 g/mol. The van der Waals surface area contributed by atoms with Crippen LogP contribution in [-0.4, -0.2) is 0 Å². The first-order valence-electron chi connectivity index (χ1n) is 9.40. The first-order valence-corrected chi connectivity index (χ1v) is 9.40. The molecule has 0 atom stereocenters. The smallest absolute Gasteiger partial charge is 0.0468 e. The van der Waals surface area contributed by atoms with Crippen LogP contribution in [0.25, 0.3) is 0 Å². The summed E-state index contributed by atoms with van der Waals surface area (Å²) in [6.07, 6.45) is 5.73. The molecule has 0 amide bonds. The van der Waals surface area contributed by atoms with E-state index in [0.29, 0.717) is 5.92 Å². The standard InChI is InChI=1S/C25H30/c1-19(2)22-17-12-18-23(22)25(24(3,4)5,20-13-8-6-9-14-20)21-15-10-7-11-16-21/h6-17,19H,18H2,1-5H3. The molecule has 0 N–H and O–H groups in total. The number of hydrogen-bond donors (Lipinski definition) is 0. The highest BCUT2D eigenvalue weighted by atomic mass is 14.5. The van der Waals surface area contributed by atoms with Crippen molar-refractivity contribution in [3.8, 4) is 0 Å². The van der Waals surface area contributed by atoms with Gasteiger partial charge in [0, 0.05) is 5.41 Å². The third kappa shape index (κ3) is 2.88. The minimum Gasteiger partial charge on any atom is -0.0801 e. The summed E-state index contributed by atoms with van der Waals surface area (Å²) in [6.45, 7) is 11.8. The monoisotopic (exact) mass is 330 g/mol. The topological polar surface area (TPSA) is 0 Å².